The van der Waals surface area contributed by atoms with Crippen molar-refractivity contribution in [2.45, 2.75) is 39.2 Å². The SMILES string of the molecule is CCCNC1CCN(C(=O)c2ccc(C)cc2O)CC1. The first-order valence-electron chi connectivity index (χ1n) is 7.44. The number of carbonyl (C=O) groups is 1. The zero-order valence-corrected chi connectivity index (χ0v) is 12.4. The summed E-state index contributed by atoms with van der Waals surface area (Å²) in [6.45, 7) is 6.61. The average Bonchev–Trinajstić information content (AvgIpc) is 2.45. The van der Waals surface area contributed by atoms with Gasteiger partial charge in [0.25, 0.3) is 5.91 Å². The molecule has 0 saturated carbocycles. The molecule has 1 aliphatic rings. The zero-order valence-electron chi connectivity index (χ0n) is 12.4. The van der Waals surface area contributed by atoms with Crippen LogP contribution in [0.2, 0.25) is 0 Å². The van der Waals surface area contributed by atoms with Crippen LogP contribution in [0.4, 0.5) is 0 Å². The molecule has 0 aromatic heterocycles. The molecule has 110 valence electrons. The van der Waals surface area contributed by atoms with Gasteiger partial charge in [0.2, 0.25) is 0 Å². The number of carbonyl (C=O) groups excluding carboxylic acids is 1. The number of rotatable bonds is 4. The highest BCUT2D eigenvalue weighted by Crippen LogP contribution is 2.22. The number of benzene rings is 1. The van der Waals surface area contributed by atoms with Gasteiger partial charge in [0.1, 0.15) is 5.75 Å². The van der Waals surface area contributed by atoms with E-state index < -0.39 is 0 Å². The number of hydrogen-bond acceptors (Lipinski definition) is 3. The fourth-order valence-electron chi connectivity index (χ4n) is 2.63. The summed E-state index contributed by atoms with van der Waals surface area (Å²) >= 11 is 0. The third kappa shape index (κ3) is 3.51. The Balaban J connectivity index is 1.94. The molecule has 0 spiro atoms. The minimum atomic E-state index is -0.0589. The molecule has 0 radical (unpaired) electrons. The quantitative estimate of drug-likeness (QED) is 0.887. The lowest BCUT2D eigenvalue weighted by Crippen LogP contribution is -2.45. The van der Waals surface area contributed by atoms with E-state index in [9.17, 15) is 9.90 Å². The monoisotopic (exact) mass is 276 g/mol. The molecule has 1 heterocycles. The van der Waals surface area contributed by atoms with E-state index in [4.69, 9.17) is 0 Å². The maximum Gasteiger partial charge on any atom is 0.257 e. The molecule has 1 aliphatic heterocycles. The molecule has 4 nitrogen and oxygen atoms in total. The Morgan fingerprint density at radius 3 is 2.70 bits per heavy atom. The van der Waals surface area contributed by atoms with E-state index >= 15 is 0 Å². The van der Waals surface area contributed by atoms with E-state index in [1.165, 1.54) is 0 Å². The van der Waals surface area contributed by atoms with Gasteiger partial charge in [-0.1, -0.05) is 13.0 Å². The molecular weight excluding hydrogens is 252 g/mol. The molecule has 0 atom stereocenters. The first-order valence-corrected chi connectivity index (χ1v) is 7.44. The van der Waals surface area contributed by atoms with Crippen LogP contribution >= 0.6 is 0 Å². The topological polar surface area (TPSA) is 52.6 Å². The Hall–Kier alpha value is -1.55. The van der Waals surface area contributed by atoms with Gasteiger partial charge >= 0.3 is 0 Å². The molecule has 1 amide bonds. The van der Waals surface area contributed by atoms with Gasteiger partial charge in [-0.25, -0.2) is 0 Å². The van der Waals surface area contributed by atoms with Crippen LogP contribution in [0.25, 0.3) is 0 Å². The van der Waals surface area contributed by atoms with Crippen LogP contribution in [0.3, 0.4) is 0 Å². The summed E-state index contributed by atoms with van der Waals surface area (Å²) in [4.78, 5) is 14.2. The summed E-state index contributed by atoms with van der Waals surface area (Å²) in [5.74, 6) is 0.0256. The van der Waals surface area contributed by atoms with Crippen LogP contribution in [0.1, 0.15) is 42.1 Å². The van der Waals surface area contributed by atoms with E-state index in [1.807, 2.05) is 17.9 Å². The van der Waals surface area contributed by atoms with Crippen molar-refractivity contribution >= 4 is 5.91 Å². The molecular formula is C16H24N2O2. The lowest BCUT2D eigenvalue weighted by atomic mass is 10.0. The lowest BCUT2D eigenvalue weighted by Gasteiger charge is -2.32. The van der Waals surface area contributed by atoms with Crippen LogP contribution in [-0.2, 0) is 0 Å². The Bertz CT molecular complexity index is 466. The van der Waals surface area contributed by atoms with Crippen molar-refractivity contribution in [2.75, 3.05) is 19.6 Å². The summed E-state index contributed by atoms with van der Waals surface area (Å²) in [5, 5.41) is 13.4. The predicted octanol–water partition coefficient (Wildman–Crippen LogP) is 2.30. The fraction of sp³-hybridized carbons (Fsp3) is 0.562. The summed E-state index contributed by atoms with van der Waals surface area (Å²) < 4.78 is 0. The molecule has 20 heavy (non-hydrogen) atoms. The first-order chi connectivity index (χ1) is 9.61. The highest BCUT2D eigenvalue weighted by atomic mass is 16.3. The third-order valence-electron chi connectivity index (χ3n) is 3.85. The number of aryl methyl sites for hydroxylation is 1. The Labute approximate surface area is 120 Å². The van der Waals surface area contributed by atoms with E-state index in [0.29, 0.717) is 11.6 Å². The van der Waals surface area contributed by atoms with E-state index in [1.54, 1.807) is 12.1 Å². The van der Waals surface area contributed by atoms with Crippen LogP contribution < -0.4 is 5.32 Å². The molecule has 1 saturated heterocycles. The first kappa shape index (κ1) is 14.9. The maximum absolute atomic E-state index is 12.4. The van der Waals surface area contributed by atoms with Crippen molar-refractivity contribution in [2.24, 2.45) is 0 Å². The second-order valence-electron chi connectivity index (χ2n) is 5.54. The second-order valence-corrected chi connectivity index (χ2v) is 5.54. The zero-order chi connectivity index (χ0) is 14.5. The maximum atomic E-state index is 12.4. The number of amides is 1. The average molecular weight is 276 g/mol. The van der Waals surface area contributed by atoms with Gasteiger partial charge in [-0.05, 0) is 50.4 Å². The summed E-state index contributed by atoms with van der Waals surface area (Å²) in [5.41, 5.74) is 1.37. The summed E-state index contributed by atoms with van der Waals surface area (Å²) in [7, 11) is 0. The van der Waals surface area contributed by atoms with Crippen molar-refractivity contribution in [3.63, 3.8) is 0 Å². The largest absolute Gasteiger partial charge is 0.507 e. The van der Waals surface area contributed by atoms with Crippen LogP contribution in [0.5, 0.6) is 5.75 Å². The molecule has 4 heteroatoms. The second kappa shape index (κ2) is 6.75. The fourth-order valence-corrected chi connectivity index (χ4v) is 2.63. The number of nitrogens with one attached hydrogen (secondary N) is 1. The summed E-state index contributed by atoms with van der Waals surface area (Å²) in [6.07, 6.45) is 3.10. The smallest absolute Gasteiger partial charge is 0.257 e. The van der Waals surface area contributed by atoms with Crippen molar-refractivity contribution in [3.8, 4) is 5.75 Å². The van der Waals surface area contributed by atoms with Gasteiger partial charge in [-0.2, -0.15) is 0 Å². The molecule has 2 rings (SSSR count). The predicted molar refractivity (Wildman–Crippen MR) is 80.1 cm³/mol. The van der Waals surface area contributed by atoms with Crippen molar-refractivity contribution in [3.05, 3.63) is 29.3 Å². The van der Waals surface area contributed by atoms with Crippen molar-refractivity contribution in [1.29, 1.82) is 0 Å². The summed E-state index contributed by atoms with van der Waals surface area (Å²) in [6, 6.07) is 5.74. The number of piperidine rings is 1. The Morgan fingerprint density at radius 2 is 2.10 bits per heavy atom. The minimum absolute atomic E-state index is 0.0589. The number of phenolic OH excluding ortho intramolecular Hbond substituents is 1. The van der Waals surface area contributed by atoms with Gasteiger partial charge in [0.15, 0.2) is 0 Å². The van der Waals surface area contributed by atoms with E-state index in [-0.39, 0.29) is 11.7 Å². The van der Waals surface area contributed by atoms with Gasteiger partial charge < -0.3 is 15.3 Å². The number of aromatic hydroxyl groups is 1. The van der Waals surface area contributed by atoms with Crippen molar-refractivity contribution < 1.29 is 9.90 Å². The highest BCUT2D eigenvalue weighted by molar-refractivity contribution is 5.97. The normalized spacial score (nSPS) is 16.4. The number of nitrogens with zero attached hydrogens (tertiary/aromatic N) is 1. The van der Waals surface area contributed by atoms with Crippen LogP contribution in [0.15, 0.2) is 18.2 Å². The van der Waals surface area contributed by atoms with Gasteiger partial charge in [0, 0.05) is 19.1 Å². The minimum Gasteiger partial charge on any atom is -0.507 e. The van der Waals surface area contributed by atoms with Gasteiger partial charge in [0.05, 0.1) is 5.56 Å². The van der Waals surface area contributed by atoms with Crippen molar-refractivity contribution in [1.82, 2.24) is 10.2 Å². The Kier molecular flexibility index (Phi) is 5.01. The highest BCUT2D eigenvalue weighted by Gasteiger charge is 2.24. The van der Waals surface area contributed by atoms with E-state index in [2.05, 4.69) is 12.2 Å². The Morgan fingerprint density at radius 1 is 1.40 bits per heavy atom. The molecule has 1 aromatic carbocycles. The lowest BCUT2D eigenvalue weighted by molar-refractivity contribution is 0.0702. The molecule has 0 bridgehead atoms. The number of phenols is 1. The third-order valence-corrected chi connectivity index (χ3v) is 3.85. The number of hydrogen-bond donors (Lipinski definition) is 2. The molecule has 1 aromatic rings. The number of likely N-dealkylation sites (tertiary alicyclic amines) is 1. The molecule has 0 aliphatic carbocycles. The van der Waals surface area contributed by atoms with Gasteiger partial charge in [-0.15, -0.1) is 0 Å². The molecule has 2 N–H and O–H groups in total. The van der Waals surface area contributed by atoms with Crippen LogP contribution in [-0.4, -0.2) is 41.6 Å². The van der Waals surface area contributed by atoms with Gasteiger partial charge in [-0.3, -0.25) is 4.79 Å². The standard InChI is InChI=1S/C16H24N2O2/c1-3-8-17-13-6-9-18(10-7-13)16(20)14-5-4-12(2)11-15(14)19/h4-5,11,13,17,19H,3,6-10H2,1-2H3. The molecule has 1 fully saturated rings. The van der Waals surface area contributed by atoms with Crippen LogP contribution in [0, 0.1) is 6.92 Å². The molecule has 0 unspecified atom stereocenters. The van der Waals surface area contributed by atoms with E-state index in [0.717, 1.165) is 44.5 Å².